The number of halogens is 3. The van der Waals surface area contributed by atoms with E-state index in [-0.39, 0.29) is 0 Å². The zero-order chi connectivity index (χ0) is 23.1. The zero-order valence-corrected chi connectivity index (χ0v) is 17.3. The first kappa shape index (κ1) is 23.0. The van der Waals surface area contributed by atoms with Crippen LogP contribution in [0.4, 0.5) is 13.2 Å². The van der Waals surface area contributed by atoms with Gasteiger partial charge in [-0.1, -0.05) is 61.5 Å². The Morgan fingerprint density at radius 2 is 1.62 bits per heavy atom. The van der Waals surface area contributed by atoms with E-state index in [1.165, 1.54) is 16.7 Å². The van der Waals surface area contributed by atoms with E-state index >= 15 is 0 Å². The van der Waals surface area contributed by atoms with E-state index in [1.807, 2.05) is 18.2 Å². The molecule has 8 heteroatoms. The number of H-pyrrole nitrogens is 1. The molecule has 166 valence electrons. The summed E-state index contributed by atoms with van der Waals surface area (Å²) in [7, 11) is 0. The van der Waals surface area contributed by atoms with E-state index in [4.69, 9.17) is 14.9 Å². The molecule has 0 unspecified atom stereocenters. The van der Waals surface area contributed by atoms with Gasteiger partial charge in [-0.15, -0.1) is 0 Å². The van der Waals surface area contributed by atoms with Crippen molar-refractivity contribution in [2.24, 2.45) is 0 Å². The number of aromatic amines is 1. The van der Waals surface area contributed by atoms with Crippen LogP contribution in [0.1, 0.15) is 12.5 Å². The molecule has 0 spiro atoms. The van der Waals surface area contributed by atoms with Crippen molar-refractivity contribution in [3.8, 4) is 22.5 Å². The minimum absolute atomic E-state index is 0.909. The first-order valence-electron chi connectivity index (χ1n) is 9.93. The number of aromatic nitrogens is 2. The Balaban J connectivity index is 0.000000360. The summed E-state index contributed by atoms with van der Waals surface area (Å²) in [5.74, 6) is -1.85. The Labute approximate surface area is 182 Å². The molecule has 0 aliphatic heterocycles. The molecule has 3 N–H and O–H groups in total. The highest BCUT2D eigenvalue weighted by Gasteiger charge is 2.38. The van der Waals surface area contributed by atoms with E-state index in [2.05, 4.69) is 71.8 Å². The third kappa shape index (κ3) is 5.95. The van der Waals surface area contributed by atoms with Gasteiger partial charge >= 0.3 is 12.1 Å². The van der Waals surface area contributed by atoms with Crippen LogP contribution in [0.5, 0.6) is 0 Å². The van der Waals surface area contributed by atoms with Crippen LogP contribution in [0.3, 0.4) is 0 Å². The van der Waals surface area contributed by atoms with E-state index in [0.29, 0.717) is 0 Å². The van der Waals surface area contributed by atoms with Crippen LogP contribution < -0.4 is 5.32 Å². The second-order valence-electron chi connectivity index (χ2n) is 6.96. The molecule has 0 aliphatic rings. The number of carboxylic acids is 1. The number of fused-ring (bicyclic) bond motifs is 1. The lowest BCUT2D eigenvalue weighted by Crippen LogP contribution is -2.21. The monoisotopic (exact) mass is 441 g/mol. The number of aliphatic carboxylic acids is 1. The number of nitrogens with zero attached hydrogens (tertiary/aromatic N) is 1. The Morgan fingerprint density at radius 1 is 0.969 bits per heavy atom. The SMILES string of the molecule is CCNCc1ccc(-c2cccc(-c3nc4ccccc4[nH]3)c2)cc1.O=C(O)C(F)(F)F. The van der Waals surface area contributed by atoms with E-state index in [0.717, 1.165) is 35.5 Å². The fourth-order valence-corrected chi connectivity index (χ4v) is 3.02. The van der Waals surface area contributed by atoms with Gasteiger partial charge in [-0.25, -0.2) is 9.78 Å². The molecule has 0 aliphatic carbocycles. The molecule has 1 heterocycles. The van der Waals surface area contributed by atoms with Gasteiger partial charge in [0.05, 0.1) is 11.0 Å². The average Bonchev–Trinajstić information content (AvgIpc) is 3.22. The van der Waals surface area contributed by atoms with Crippen LogP contribution in [-0.4, -0.2) is 33.8 Å². The third-order valence-corrected chi connectivity index (χ3v) is 4.63. The molecule has 0 radical (unpaired) electrons. The summed E-state index contributed by atoms with van der Waals surface area (Å²) in [5, 5.41) is 10.5. The second kappa shape index (κ2) is 10.1. The summed E-state index contributed by atoms with van der Waals surface area (Å²) in [6.07, 6.45) is -5.08. The van der Waals surface area contributed by atoms with Crippen molar-refractivity contribution in [3.63, 3.8) is 0 Å². The summed E-state index contributed by atoms with van der Waals surface area (Å²) >= 11 is 0. The Morgan fingerprint density at radius 3 is 2.25 bits per heavy atom. The maximum Gasteiger partial charge on any atom is 0.490 e. The molecule has 0 saturated carbocycles. The second-order valence-corrected chi connectivity index (χ2v) is 6.96. The van der Waals surface area contributed by atoms with Crippen molar-refractivity contribution < 1.29 is 23.1 Å². The Hall–Kier alpha value is -3.65. The predicted octanol–water partition coefficient (Wildman–Crippen LogP) is 5.64. The van der Waals surface area contributed by atoms with Crippen LogP contribution in [0.25, 0.3) is 33.5 Å². The lowest BCUT2D eigenvalue weighted by molar-refractivity contribution is -0.192. The van der Waals surface area contributed by atoms with Gasteiger partial charge < -0.3 is 15.4 Å². The van der Waals surface area contributed by atoms with Gasteiger partial charge in [0.2, 0.25) is 0 Å². The van der Waals surface area contributed by atoms with Gasteiger partial charge in [0, 0.05) is 12.1 Å². The number of carboxylic acid groups (broad SMARTS) is 1. The number of para-hydroxylation sites is 2. The number of benzene rings is 3. The standard InChI is InChI=1S/C22H21N3.C2HF3O2/c1-2-23-15-16-10-12-17(13-11-16)18-6-5-7-19(14-18)22-24-20-8-3-4-9-21(20)25-22;3-2(4,5)1(6)7/h3-14,23H,2,15H2,1H3,(H,24,25);(H,6,7). The molecule has 0 bridgehead atoms. The molecular weight excluding hydrogens is 419 g/mol. The summed E-state index contributed by atoms with van der Waals surface area (Å²) in [4.78, 5) is 17.0. The highest BCUT2D eigenvalue weighted by atomic mass is 19.4. The van der Waals surface area contributed by atoms with Gasteiger partial charge in [-0.3, -0.25) is 0 Å². The molecule has 4 rings (SSSR count). The van der Waals surface area contributed by atoms with Crippen molar-refractivity contribution in [1.29, 1.82) is 0 Å². The number of hydrogen-bond acceptors (Lipinski definition) is 3. The van der Waals surface area contributed by atoms with Crippen molar-refractivity contribution in [2.75, 3.05) is 6.54 Å². The maximum atomic E-state index is 10.6. The number of nitrogens with one attached hydrogen (secondary N) is 2. The van der Waals surface area contributed by atoms with Crippen molar-refractivity contribution in [3.05, 3.63) is 78.4 Å². The van der Waals surface area contributed by atoms with Crippen LogP contribution in [0.2, 0.25) is 0 Å². The molecule has 1 aromatic heterocycles. The number of hydrogen-bond donors (Lipinski definition) is 3. The lowest BCUT2D eigenvalue weighted by atomic mass is 10.0. The third-order valence-electron chi connectivity index (χ3n) is 4.63. The molecular formula is C24H22F3N3O2. The smallest absolute Gasteiger partial charge is 0.475 e. The molecule has 0 amide bonds. The van der Waals surface area contributed by atoms with Crippen molar-refractivity contribution in [2.45, 2.75) is 19.6 Å². The normalized spacial score (nSPS) is 11.1. The van der Waals surface area contributed by atoms with Gasteiger partial charge in [0.15, 0.2) is 0 Å². The van der Waals surface area contributed by atoms with Crippen molar-refractivity contribution in [1.82, 2.24) is 15.3 Å². The summed E-state index contributed by atoms with van der Waals surface area (Å²) in [6, 6.07) is 25.4. The number of carbonyl (C=O) groups is 1. The molecule has 5 nitrogen and oxygen atoms in total. The summed E-state index contributed by atoms with van der Waals surface area (Å²) < 4.78 is 31.7. The minimum Gasteiger partial charge on any atom is -0.475 e. The molecule has 3 aromatic carbocycles. The van der Waals surface area contributed by atoms with Crippen molar-refractivity contribution >= 4 is 17.0 Å². The number of imidazole rings is 1. The van der Waals surface area contributed by atoms with Crippen LogP contribution in [0.15, 0.2) is 72.8 Å². The fraction of sp³-hybridized carbons (Fsp3) is 0.167. The average molecular weight is 441 g/mol. The minimum atomic E-state index is -5.08. The summed E-state index contributed by atoms with van der Waals surface area (Å²) in [6.45, 7) is 4.02. The first-order chi connectivity index (χ1) is 15.3. The largest absolute Gasteiger partial charge is 0.490 e. The predicted molar refractivity (Wildman–Crippen MR) is 118 cm³/mol. The van der Waals surface area contributed by atoms with Crippen LogP contribution in [0, 0.1) is 0 Å². The highest BCUT2D eigenvalue weighted by molar-refractivity contribution is 5.80. The van der Waals surface area contributed by atoms with E-state index in [1.54, 1.807) is 0 Å². The van der Waals surface area contributed by atoms with Gasteiger partial charge in [0.25, 0.3) is 0 Å². The molecule has 0 saturated heterocycles. The molecule has 32 heavy (non-hydrogen) atoms. The zero-order valence-electron chi connectivity index (χ0n) is 17.3. The van der Waals surface area contributed by atoms with E-state index in [9.17, 15) is 13.2 Å². The van der Waals surface area contributed by atoms with Gasteiger partial charge in [0.1, 0.15) is 5.82 Å². The fourth-order valence-electron chi connectivity index (χ4n) is 3.02. The lowest BCUT2D eigenvalue weighted by Gasteiger charge is -2.06. The molecule has 4 aromatic rings. The number of rotatable bonds is 5. The Kier molecular flexibility index (Phi) is 7.27. The highest BCUT2D eigenvalue weighted by Crippen LogP contribution is 2.26. The Bertz CT molecular complexity index is 1150. The number of alkyl halides is 3. The maximum absolute atomic E-state index is 10.6. The molecule has 0 atom stereocenters. The first-order valence-corrected chi connectivity index (χ1v) is 9.93. The molecule has 0 fully saturated rings. The van der Waals surface area contributed by atoms with Crippen LogP contribution >= 0.6 is 0 Å². The van der Waals surface area contributed by atoms with Gasteiger partial charge in [-0.05, 0) is 41.4 Å². The van der Waals surface area contributed by atoms with E-state index < -0.39 is 12.1 Å². The van der Waals surface area contributed by atoms with Gasteiger partial charge in [-0.2, -0.15) is 13.2 Å². The topological polar surface area (TPSA) is 78.0 Å². The van der Waals surface area contributed by atoms with Crippen LogP contribution in [-0.2, 0) is 11.3 Å². The quantitative estimate of drug-likeness (QED) is 0.375. The summed E-state index contributed by atoms with van der Waals surface area (Å²) in [5.41, 5.74) is 6.89.